The van der Waals surface area contributed by atoms with E-state index in [9.17, 15) is 4.79 Å². The molecular weight excluding hydrogens is 282 g/mol. The van der Waals surface area contributed by atoms with Gasteiger partial charge in [0.25, 0.3) is 0 Å². The lowest BCUT2D eigenvalue weighted by atomic mass is 10.3. The van der Waals surface area contributed by atoms with Crippen LogP contribution in [0.25, 0.3) is 0 Å². The van der Waals surface area contributed by atoms with Crippen LogP contribution in [-0.2, 0) is 11.2 Å². The van der Waals surface area contributed by atoms with E-state index in [1.165, 1.54) is 5.69 Å². The van der Waals surface area contributed by atoms with E-state index in [-0.39, 0.29) is 5.91 Å². The Morgan fingerprint density at radius 2 is 2.10 bits per heavy atom. The lowest BCUT2D eigenvalue weighted by Crippen LogP contribution is -2.29. The first-order valence-corrected chi connectivity index (χ1v) is 7.97. The van der Waals surface area contributed by atoms with E-state index < -0.39 is 0 Å². The summed E-state index contributed by atoms with van der Waals surface area (Å²) in [6.45, 7) is 3.56. The lowest BCUT2D eigenvalue weighted by molar-refractivity contribution is -0.120. The first-order valence-electron chi connectivity index (χ1n) is 7.09. The fraction of sp³-hybridized carbons (Fsp3) is 0.375. The second-order valence-electron chi connectivity index (χ2n) is 5.00. The van der Waals surface area contributed by atoms with E-state index >= 15 is 0 Å². The van der Waals surface area contributed by atoms with Crippen LogP contribution in [0.5, 0.6) is 0 Å². The van der Waals surface area contributed by atoms with Crippen LogP contribution in [-0.4, -0.2) is 31.0 Å². The summed E-state index contributed by atoms with van der Waals surface area (Å²) >= 11 is 1.58. The highest BCUT2D eigenvalue weighted by molar-refractivity contribution is 7.09. The van der Waals surface area contributed by atoms with E-state index in [0.29, 0.717) is 13.0 Å². The summed E-state index contributed by atoms with van der Waals surface area (Å²) in [5.74, 6) is 0.0441. The number of aryl methyl sites for hydroxylation is 1. The second kappa shape index (κ2) is 7.78. The topological polar surface area (TPSA) is 45.2 Å². The molecule has 2 rings (SSSR count). The van der Waals surface area contributed by atoms with Gasteiger partial charge in [0.05, 0.1) is 17.1 Å². The maximum absolute atomic E-state index is 11.8. The standard InChI is InChI=1S/C16H21N3OS/c1-13-18-14(12-21-13)11-16(20)17-9-6-10-19(2)15-7-4-3-5-8-15/h3-5,7-8,12H,6,9-11H2,1-2H3,(H,17,20). The highest BCUT2D eigenvalue weighted by Crippen LogP contribution is 2.11. The normalized spacial score (nSPS) is 10.4. The maximum atomic E-state index is 11.8. The largest absolute Gasteiger partial charge is 0.375 e. The van der Waals surface area contributed by atoms with Crippen molar-refractivity contribution in [2.24, 2.45) is 0 Å². The van der Waals surface area contributed by atoms with Crippen LogP contribution in [0.1, 0.15) is 17.1 Å². The highest BCUT2D eigenvalue weighted by Gasteiger charge is 2.06. The average molecular weight is 303 g/mol. The fourth-order valence-electron chi connectivity index (χ4n) is 2.07. The van der Waals surface area contributed by atoms with E-state index in [4.69, 9.17) is 0 Å². The van der Waals surface area contributed by atoms with Gasteiger partial charge in [0.15, 0.2) is 0 Å². The number of aromatic nitrogens is 1. The summed E-state index contributed by atoms with van der Waals surface area (Å²) in [7, 11) is 2.06. The molecule has 0 bridgehead atoms. The first-order chi connectivity index (χ1) is 10.1. The smallest absolute Gasteiger partial charge is 0.226 e. The maximum Gasteiger partial charge on any atom is 0.226 e. The van der Waals surface area contributed by atoms with E-state index in [0.717, 1.165) is 23.7 Å². The SMILES string of the molecule is Cc1nc(CC(=O)NCCCN(C)c2ccccc2)cs1. The van der Waals surface area contributed by atoms with Gasteiger partial charge in [-0.3, -0.25) is 4.79 Å². The fourth-order valence-corrected chi connectivity index (χ4v) is 2.68. The summed E-state index contributed by atoms with van der Waals surface area (Å²) in [5, 5.41) is 5.89. The Morgan fingerprint density at radius 3 is 2.76 bits per heavy atom. The number of nitrogens with one attached hydrogen (secondary N) is 1. The lowest BCUT2D eigenvalue weighted by Gasteiger charge is -2.19. The van der Waals surface area contributed by atoms with Crippen LogP contribution in [0.2, 0.25) is 0 Å². The summed E-state index contributed by atoms with van der Waals surface area (Å²) in [5.41, 5.74) is 2.05. The summed E-state index contributed by atoms with van der Waals surface area (Å²) in [4.78, 5) is 18.3. The van der Waals surface area contributed by atoms with Crippen LogP contribution in [0.15, 0.2) is 35.7 Å². The number of carbonyl (C=O) groups excluding carboxylic acids is 1. The van der Waals surface area contributed by atoms with Crippen molar-refractivity contribution in [1.82, 2.24) is 10.3 Å². The minimum Gasteiger partial charge on any atom is -0.375 e. The number of hydrogen-bond acceptors (Lipinski definition) is 4. The summed E-state index contributed by atoms with van der Waals surface area (Å²) < 4.78 is 0. The van der Waals surface area contributed by atoms with Crippen molar-refractivity contribution < 1.29 is 4.79 Å². The Balaban J connectivity index is 1.64. The number of carbonyl (C=O) groups is 1. The van der Waals surface area contributed by atoms with Gasteiger partial charge in [-0.15, -0.1) is 11.3 Å². The molecule has 0 spiro atoms. The van der Waals surface area contributed by atoms with Gasteiger partial charge < -0.3 is 10.2 Å². The highest BCUT2D eigenvalue weighted by atomic mass is 32.1. The van der Waals surface area contributed by atoms with Crippen LogP contribution in [0, 0.1) is 6.92 Å². The molecule has 1 amide bonds. The van der Waals surface area contributed by atoms with Crippen LogP contribution >= 0.6 is 11.3 Å². The molecule has 0 radical (unpaired) electrons. The molecule has 0 unspecified atom stereocenters. The molecule has 0 atom stereocenters. The Bertz CT molecular complexity index is 568. The molecule has 0 fully saturated rings. The molecule has 1 aromatic heterocycles. The van der Waals surface area contributed by atoms with Gasteiger partial charge in [-0.25, -0.2) is 4.98 Å². The molecule has 0 aliphatic carbocycles. The number of thiazole rings is 1. The van der Waals surface area contributed by atoms with Crippen molar-refractivity contribution in [3.8, 4) is 0 Å². The van der Waals surface area contributed by atoms with Crippen molar-refractivity contribution in [3.05, 3.63) is 46.4 Å². The molecule has 0 saturated carbocycles. The van der Waals surface area contributed by atoms with Crippen molar-refractivity contribution >= 4 is 22.9 Å². The van der Waals surface area contributed by atoms with Crippen molar-refractivity contribution in [3.63, 3.8) is 0 Å². The molecule has 1 heterocycles. The molecule has 1 N–H and O–H groups in total. The van der Waals surface area contributed by atoms with Gasteiger partial charge in [-0.1, -0.05) is 18.2 Å². The Morgan fingerprint density at radius 1 is 1.33 bits per heavy atom. The van der Waals surface area contributed by atoms with Gasteiger partial charge in [-0.2, -0.15) is 0 Å². The molecule has 5 heteroatoms. The third kappa shape index (κ3) is 5.19. The second-order valence-corrected chi connectivity index (χ2v) is 6.06. The van der Waals surface area contributed by atoms with Gasteiger partial charge in [0, 0.05) is 31.2 Å². The summed E-state index contributed by atoms with van der Waals surface area (Å²) in [6.07, 6.45) is 1.30. The molecule has 112 valence electrons. The average Bonchev–Trinajstić information content (AvgIpc) is 2.89. The third-order valence-electron chi connectivity index (χ3n) is 3.20. The molecule has 0 saturated heterocycles. The zero-order valence-corrected chi connectivity index (χ0v) is 13.3. The van der Waals surface area contributed by atoms with Crippen LogP contribution < -0.4 is 10.2 Å². The number of benzene rings is 1. The Labute approximate surface area is 129 Å². The predicted octanol–water partition coefficient (Wildman–Crippen LogP) is 2.64. The number of para-hydroxylation sites is 1. The molecule has 0 aliphatic rings. The first kappa shape index (κ1) is 15.5. The van der Waals surface area contributed by atoms with Crippen molar-refractivity contribution in [2.45, 2.75) is 19.8 Å². The Kier molecular flexibility index (Phi) is 5.75. The minimum atomic E-state index is 0.0441. The van der Waals surface area contributed by atoms with E-state index in [1.807, 2.05) is 30.5 Å². The van der Waals surface area contributed by atoms with Crippen molar-refractivity contribution in [2.75, 3.05) is 25.0 Å². The molecular formula is C16H21N3OS. The predicted molar refractivity (Wildman–Crippen MR) is 87.9 cm³/mol. The third-order valence-corrected chi connectivity index (χ3v) is 4.02. The quantitative estimate of drug-likeness (QED) is 0.800. The minimum absolute atomic E-state index is 0.0441. The molecule has 4 nitrogen and oxygen atoms in total. The van der Waals surface area contributed by atoms with Gasteiger partial charge >= 0.3 is 0 Å². The van der Waals surface area contributed by atoms with E-state index in [1.54, 1.807) is 11.3 Å². The number of anilines is 1. The number of rotatable bonds is 7. The molecule has 2 aromatic rings. The molecule has 21 heavy (non-hydrogen) atoms. The van der Waals surface area contributed by atoms with E-state index in [2.05, 4.69) is 34.4 Å². The van der Waals surface area contributed by atoms with Gasteiger partial charge in [-0.05, 0) is 25.5 Å². The van der Waals surface area contributed by atoms with Gasteiger partial charge in [0.2, 0.25) is 5.91 Å². The summed E-state index contributed by atoms with van der Waals surface area (Å²) in [6, 6.07) is 10.2. The number of nitrogens with zero attached hydrogens (tertiary/aromatic N) is 2. The van der Waals surface area contributed by atoms with Crippen molar-refractivity contribution in [1.29, 1.82) is 0 Å². The Hall–Kier alpha value is -1.88. The molecule has 1 aromatic carbocycles. The van der Waals surface area contributed by atoms with Crippen LogP contribution in [0.3, 0.4) is 0 Å². The number of amides is 1. The van der Waals surface area contributed by atoms with Gasteiger partial charge in [0.1, 0.15) is 0 Å². The monoisotopic (exact) mass is 303 g/mol. The number of hydrogen-bond donors (Lipinski definition) is 1. The zero-order valence-electron chi connectivity index (χ0n) is 12.5. The zero-order chi connectivity index (χ0) is 15.1. The van der Waals surface area contributed by atoms with Crippen LogP contribution in [0.4, 0.5) is 5.69 Å². The molecule has 0 aliphatic heterocycles.